The monoisotopic (exact) mass is 288 g/mol. The van der Waals surface area contributed by atoms with Crippen molar-refractivity contribution in [2.75, 3.05) is 6.54 Å². The minimum atomic E-state index is -4.43. The molecule has 0 fully saturated rings. The molecule has 2 rings (SSSR count). The van der Waals surface area contributed by atoms with Crippen LogP contribution < -0.4 is 5.32 Å². The Kier molecular flexibility index (Phi) is 4.43. The lowest BCUT2D eigenvalue weighted by Gasteiger charge is -2.00. The number of nitrogens with zero attached hydrogens (tertiary/aromatic N) is 3. The zero-order chi connectivity index (χ0) is 14.6. The van der Waals surface area contributed by atoms with Crippen molar-refractivity contribution < 1.29 is 17.7 Å². The standard InChI is InChI=1S/C12H15F3N4O/c1-2-4-16-7-9-6-10(20-18-9)8-19-5-3-11(17-19)12(13,14)15/h3,5-6,16H,2,4,7-8H2,1H3. The van der Waals surface area contributed by atoms with Gasteiger partial charge in [0.05, 0.1) is 5.69 Å². The zero-order valence-electron chi connectivity index (χ0n) is 10.9. The summed E-state index contributed by atoms with van der Waals surface area (Å²) < 4.78 is 43.4. The number of nitrogens with one attached hydrogen (secondary N) is 1. The van der Waals surface area contributed by atoms with E-state index >= 15 is 0 Å². The quantitative estimate of drug-likeness (QED) is 0.829. The van der Waals surface area contributed by atoms with Crippen LogP contribution in [0.25, 0.3) is 0 Å². The van der Waals surface area contributed by atoms with Gasteiger partial charge in [0.1, 0.15) is 6.54 Å². The molecule has 0 unspecified atom stereocenters. The van der Waals surface area contributed by atoms with Crippen molar-refractivity contribution in [2.45, 2.75) is 32.6 Å². The van der Waals surface area contributed by atoms with Crippen LogP contribution in [0.15, 0.2) is 22.9 Å². The molecule has 0 aromatic carbocycles. The van der Waals surface area contributed by atoms with Crippen molar-refractivity contribution in [3.63, 3.8) is 0 Å². The predicted molar refractivity (Wildman–Crippen MR) is 64.8 cm³/mol. The summed E-state index contributed by atoms with van der Waals surface area (Å²) in [5, 5.41) is 10.4. The van der Waals surface area contributed by atoms with E-state index in [-0.39, 0.29) is 6.54 Å². The number of aromatic nitrogens is 3. The number of hydrogen-bond acceptors (Lipinski definition) is 4. The molecule has 5 nitrogen and oxygen atoms in total. The number of alkyl halides is 3. The molecule has 20 heavy (non-hydrogen) atoms. The van der Waals surface area contributed by atoms with Crippen molar-refractivity contribution in [2.24, 2.45) is 0 Å². The van der Waals surface area contributed by atoms with Crippen LogP contribution in [0, 0.1) is 0 Å². The molecule has 110 valence electrons. The Balaban J connectivity index is 1.95. The summed E-state index contributed by atoms with van der Waals surface area (Å²) in [7, 11) is 0. The molecule has 0 spiro atoms. The zero-order valence-corrected chi connectivity index (χ0v) is 10.9. The molecule has 0 radical (unpaired) electrons. The normalized spacial score (nSPS) is 12.0. The third kappa shape index (κ3) is 3.83. The Hall–Kier alpha value is -1.83. The number of hydrogen-bond donors (Lipinski definition) is 1. The summed E-state index contributed by atoms with van der Waals surface area (Å²) >= 11 is 0. The fourth-order valence-corrected chi connectivity index (χ4v) is 1.67. The molecule has 0 aliphatic heterocycles. The first-order chi connectivity index (χ1) is 9.49. The Labute approximate surface area is 113 Å². The van der Waals surface area contributed by atoms with Crippen molar-refractivity contribution >= 4 is 0 Å². The van der Waals surface area contributed by atoms with E-state index in [0.717, 1.165) is 24.7 Å². The number of halogens is 3. The van der Waals surface area contributed by atoms with Gasteiger partial charge in [-0.25, -0.2) is 0 Å². The highest BCUT2D eigenvalue weighted by molar-refractivity contribution is 5.08. The van der Waals surface area contributed by atoms with E-state index in [4.69, 9.17) is 4.52 Å². The second-order valence-corrected chi connectivity index (χ2v) is 4.36. The van der Waals surface area contributed by atoms with Gasteiger partial charge < -0.3 is 9.84 Å². The molecule has 2 aromatic heterocycles. The average Bonchev–Trinajstić information content (AvgIpc) is 2.99. The summed E-state index contributed by atoms with van der Waals surface area (Å²) in [6.45, 7) is 3.62. The van der Waals surface area contributed by atoms with Crippen LogP contribution in [0.4, 0.5) is 13.2 Å². The molecule has 0 aliphatic rings. The molecule has 0 amide bonds. The highest BCUT2D eigenvalue weighted by Crippen LogP contribution is 2.27. The van der Waals surface area contributed by atoms with Crippen LogP contribution >= 0.6 is 0 Å². The molecule has 0 atom stereocenters. The maximum atomic E-state index is 12.4. The molecule has 1 N–H and O–H groups in total. The lowest BCUT2D eigenvalue weighted by molar-refractivity contribution is -0.141. The van der Waals surface area contributed by atoms with E-state index in [9.17, 15) is 13.2 Å². The maximum Gasteiger partial charge on any atom is 0.435 e. The van der Waals surface area contributed by atoms with Gasteiger partial charge in [0.25, 0.3) is 0 Å². The van der Waals surface area contributed by atoms with Crippen molar-refractivity contribution in [3.8, 4) is 0 Å². The molecule has 0 saturated carbocycles. The van der Waals surface area contributed by atoms with E-state index in [2.05, 4.69) is 22.5 Å². The molecule has 8 heteroatoms. The molecular formula is C12H15F3N4O. The van der Waals surface area contributed by atoms with Crippen LogP contribution in [-0.4, -0.2) is 21.5 Å². The highest BCUT2D eigenvalue weighted by Gasteiger charge is 2.33. The molecule has 2 heterocycles. The van der Waals surface area contributed by atoms with E-state index in [0.29, 0.717) is 12.3 Å². The van der Waals surface area contributed by atoms with Gasteiger partial charge in [0.15, 0.2) is 11.5 Å². The van der Waals surface area contributed by atoms with E-state index in [1.54, 1.807) is 6.07 Å². The first-order valence-corrected chi connectivity index (χ1v) is 6.25. The van der Waals surface area contributed by atoms with Gasteiger partial charge >= 0.3 is 6.18 Å². The minimum Gasteiger partial charge on any atom is -0.359 e. The Morgan fingerprint density at radius 3 is 2.85 bits per heavy atom. The summed E-state index contributed by atoms with van der Waals surface area (Å²) in [5.41, 5.74) is -0.196. The second-order valence-electron chi connectivity index (χ2n) is 4.36. The van der Waals surface area contributed by atoms with Gasteiger partial charge in [0.2, 0.25) is 0 Å². The fourth-order valence-electron chi connectivity index (χ4n) is 1.67. The van der Waals surface area contributed by atoms with Gasteiger partial charge in [0, 0.05) is 18.8 Å². The predicted octanol–water partition coefficient (Wildman–Crippen LogP) is 2.44. The van der Waals surface area contributed by atoms with Crippen LogP contribution in [0.1, 0.15) is 30.5 Å². The topological polar surface area (TPSA) is 55.9 Å². The summed E-state index contributed by atoms with van der Waals surface area (Å²) in [6, 6.07) is 2.64. The molecule has 0 aliphatic carbocycles. The maximum absolute atomic E-state index is 12.4. The van der Waals surface area contributed by atoms with Crippen molar-refractivity contribution in [3.05, 3.63) is 35.5 Å². The van der Waals surface area contributed by atoms with Crippen LogP contribution in [-0.2, 0) is 19.3 Å². The first kappa shape index (κ1) is 14.6. The van der Waals surface area contributed by atoms with Gasteiger partial charge in [-0.1, -0.05) is 12.1 Å². The summed E-state index contributed by atoms with van der Waals surface area (Å²) in [6.07, 6.45) is -2.15. The van der Waals surface area contributed by atoms with E-state index in [1.807, 2.05) is 0 Å². The van der Waals surface area contributed by atoms with Crippen LogP contribution in [0.5, 0.6) is 0 Å². The number of rotatable bonds is 6. The third-order valence-corrected chi connectivity index (χ3v) is 2.59. The summed E-state index contributed by atoms with van der Waals surface area (Å²) in [4.78, 5) is 0. The lowest BCUT2D eigenvalue weighted by atomic mass is 10.3. The third-order valence-electron chi connectivity index (χ3n) is 2.59. The second kappa shape index (κ2) is 6.08. The van der Waals surface area contributed by atoms with E-state index < -0.39 is 11.9 Å². The van der Waals surface area contributed by atoms with Gasteiger partial charge in [-0.15, -0.1) is 0 Å². The Bertz CT molecular complexity index is 547. The molecule has 0 saturated heterocycles. The summed E-state index contributed by atoms with van der Waals surface area (Å²) in [5.74, 6) is 0.468. The molecule has 0 bridgehead atoms. The van der Waals surface area contributed by atoms with E-state index in [1.165, 1.54) is 10.9 Å². The van der Waals surface area contributed by atoms with Crippen molar-refractivity contribution in [1.29, 1.82) is 0 Å². The van der Waals surface area contributed by atoms with Crippen LogP contribution in [0.3, 0.4) is 0 Å². The van der Waals surface area contributed by atoms with Crippen molar-refractivity contribution in [1.82, 2.24) is 20.3 Å². The van der Waals surface area contributed by atoms with Gasteiger partial charge in [-0.2, -0.15) is 18.3 Å². The van der Waals surface area contributed by atoms with Gasteiger partial charge in [-0.3, -0.25) is 4.68 Å². The first-order valence-electron chi connectivity index (χ1n) is 6.25. The Morgan fingerprint density at radius 2 is 2.20 bits per heavy atom. The largest absolute Gasteiger partial charge is 0.435 e. The Morgan fingerprint density at radius 1 is 1.40 bits per heavy atom. The molecular weight excluding hydrogens is 273 g/mol. The fraction of sp³-hybridized carbons (Fsp3) is 0.500. The average molecular weight is 288 g/mol. The minimum absolute atomic E-state index is 0.122. The smallest absolute Gasteiger partial charge is 0.359 e. The highest BCUT2D eigenvalue weighted by atomic mass is 19.4. The lowest BCUT2D eigenvalue weighted by Crippen LogP contribution is -2.13. The van der Waals surface area contributed by atoms with Crippen LogP contribution in [0.2, 0.25) is 0 Å². The van der Waals surface area contributed by atoms with Gasteiger partial charge in [-0.05, 0) is 19.0 Å². The molecule has 2 aromatic rings. The SMILES string of the molecule is CCCNCc1cc(Cn2ccc(C(F)(F)F)n2)on1.